The molecule has 2 heterocycles. The van der Waals surface area contributed by atoms with Crippen LogP contribution in [0.15, 0.2) is 12.3 Å². The van der Waals surface area contributed by atoms with E-state index in [4.69, 9.17) is 4.74 Å². The second-order valence-electron chi connectivity index (χ2n) is 6.91. The average Bonchev–Trinajstić information content (AvgIpc) is 2.53. The standard InChI is InChI=1S/C17H27N5O2/c1-12(13-5-4-6-13)19-17(23)22-9-10-24-15(11-22)14-7-8-18-16(20-14)21(2)3/h7-8,12-13,15H,4-6,9-11H2,1-3H3,(H,19,23)/t12-,15+/m0/s1. The average molecular weight is 333 g/mol. The highest BCUT2D eigenvalue weighted by atomic mass is 16.5. The lowest BCUT2D eigenvalue weighted by atomic mass is 9.80. The molecule has 132 valence electrons. The van der Waals surface area contributed by atoms with Crippen LogP contribution in [0, 0.1) is 5.92 Å². The van der Waals surface area contributed by atoms with Gasteiger partial charge in [0.25, 0.3) is 0 Å². The second-order valence-corrected chi connectivity index (χ2v) is 6.91. The summed E-state index contributed by atoms with van der Waals surface area (Å²) in [6.45, 7) is 3.77. The Balaban J connectivity index is 1.61. The van der Waals surface area contributed by atoms with Crippen molar-refractivity contribution < 1.29 is 9.53 Å². The molecule has 0 spiro atoms. The molecule has 3 rings (SSSR count). The summed E-state index contributed by atoms with van der Waals surface area (Å²) < 4.78 is 5.83. The number of aromatic nitrogens is 2. The van der Waals surface area contributed by atoms with Crippen molar-refractivity contribution in [1.29, 1.82) is 0 Å². The second kappa shape index (κ2) is 7.34. The minimum Gasteiger partial charge on any atom is -0.368 e. The number of morpholine rings is 1. The van der Waals surface area contributed by atoms with E-state index in [9.17, 15) is 4.79 Å². The number of nitrogens with one attached hydrogen (secondary N) is 1. The zero-order chi connectivity index (χ0) is 17.1. The fourth-order valence-corrected chi connectivity index (χ4v) is 3.11. The highest BCUT2D eigenvalue weighted by molar-refractivity contribution is 5.74. The van der Waals surface area contributed by atoms with E-state index in [1.165, 1.54) is 19.3 Å². The molecule has 2 aliphatic rings. The number of anilines is 1. The van der Waals surface area contributed by atoms with Crippen LogP contribution in [-0.2, 0) is 4.74 Å². The van der Waals surface area contributed by atoms with E-state index in [0.29, 0.717) is 31.6 Å². The van der Waals surface area contributed by atoms with Gasteiger partial charge >= 0.3 is 6.03 Å². The molecule has 0 bridgehead atoms. The molecular weight excluding hydrogens is 306 g/mol. The van der Waals surface area contributed by atoms with Gasteiger partial charge in [-0.15, -0.1) is 0 Å². The number of hydrogen-bond acceptors (Lipinski definition) is 5. The van der Waals surface area contributed by atoms with Gasteiger partial charge in [0.15, 0.2) is 0 Å². The third-order valence-corrected chi connectivity index (χ3v) is 4.96. The Hall–Kier alpha value is -1.89. The Kier molecular flexibility index (Phi) is 5.18. The van der Waals surface area contributed by atoms with Gasteiger partial charge in [0.2, 0.25) is 5.95 Å². The Morgan fingerprint density at radius 3 is 2.92 bits per heavy atom. The molecule has 0 unspecified atom stereocenters. The molecule has 2 fully saturated rings. The van der Waals surface area contributed by atoms with Gasteiger partial charge in [-0.2, -0.15) is 0 Å². The summed E-state index contributed by atoms with van der Waals surface area (Å²) in [4.78, 5) is 25.0. The lowest BCUT2D eigenvalue weighted by Crippen LogP contribution is -2.51. The first-order chi connectivity index (χ1) is 11.5. The number of hydrogen-bond donors (Lipinski definition) is 1. The van der Waals surface area contributed by atoms with E-state index < -0.39 is 0 Å². The first-order valence-electron chi connectivity index (χ1n) is 8.72. The highest BCUT2D eigenvalue weighted by Gasteiger charge is 2.30. The summed E-state index contributed by atoms with van der Waals surface area (Å²) in [7, 11) is 3.81. The smallest absolute Gasteiger partial charge is 0.317 e. The van der Waals surface area contributed by atoms with Crippen LogP contribution in [0.1, 0.15) is 38.0 Å². The molecule has 0 radical (unpaired) electrons. The van der Waals surface area contributed by atoms with Crippen molar-refractivity contribution in [3.05, 3.63) is 18.0 Å². The molecule has 2 atom stereocenters. The van der Waals surface area contributed by atoms with Crippen molar-refractivity contribution in [3.63, 3.8) is 0 Å². The van der Waals surface area contributed by atoms with Gasteiger partial charge in [-0.1, -0.05) is 6.42 Å². The van der Waals surface area contributed by atoms with E-state index in [0.717, 1.165) is 5.69 Å². The quantitative estimate of drug-likeness (QED) is 0.910. The van der Waals surface area contributed by atoms with Gasteiger partial charge in [-0.3, -0.25) is 0 Å². The van der Waals surface area contributed by atoms with Crippen LogP contribution < -0.4 is 10.2 Å². The molecular formula is C17H27N5O2. The van der Waals surface area contributed by atoms with Gasteiger partial charge in [-0.05, 0) is 31.7 Å². The van der Waals surface area contributed by atoms with E-state index in [1.807, 2.05) is 30.0 Å². The van der Waals surface area contributed by atoms with Gasteiger partial charge in [0.1, 0.15) is 6.10 Å². The van der Waals surface area contributed by atoms with E-state index in [1.54, 1.807) is 6.20 Å². The van der Waals surface area contributed by atoms with Crippen molar-refractivity contribution in [3.8, 4) is 0 Å². The first-order valence-corrected chi connectivity index (χ1v) is 8.72. The molecule has 1 aromatic rings. The van der Waals surface area contributed by atoms with E-state index >= 15 is 0 Å². The van der Waals surface area contributed by atoms with Crippen molar-refractivity contribution in [1.82, 2.24) is 20.2 Å². The molecule has 0 aromatic carbocycles. The molecule has 1 aliphatic carbocycles. The zero-order valence-electron chi connectivity index (χ0n) is 14.7. The maximum Gasteiger partial charge on any atom is 0.317 e. The summed E-state index contributed by atoms with van der Waals surface area (Å²) in [5, 5.41) is 3.14. The fraction of sp³-hybridized carbons (Fsp3) is 0.706. The molecule has 7 heteroatoms. The van der Waals surface area contributed by atoms with Gasteiger partial charge in [-0.25, -0.2) is 14.8 Å². The minimum atomic E-state index is -0.204. The maximum absolute atomic E-state index is 12.5. The number of urea groups is 1. The van der Waals surface area contributed by atoms with E-state index in [2.05, 4.69) is 22.2 Å². The normalized spacial score (nSPS) is 22.6. The topological polar surface area (TPSA) is 70.6 Å². The zero-order valence-corrected chi connectivity index (χ0v) is 14.7. The summed E-state index contributed by atoms with van der Waals surface area (Å²) >= 11 is 0. The van der Waals surface area contributed by atoms with Crippen LogP contribution in [0.5, 0.6) is 0 Å². The molecule has 1 saturated carbocycles. The molecule has 1 aliphatic heterocycles. The number of carbonyl (C=O) groups excluding carboxylic acids is 1. The number of nitrogens with zero attached hydrogens (tertiary/aromatic N) is 4. The van der Waals surface area contributed by atoms with Crippen LogP contribution in [-0.4, -0.2) is 60.7 Å². The number of rotatable bonds is 4. The molecule has 24 heavy (non-hydrogen) atoms. The van der Waals surface area contributed by atoms with Crippen molar-refractivity contribution >= 4 is 12.0 Å². The van der Waals surface area contributed by atoms with E-state index in [-0.39, 0.29) is 18.2 Å². The molecule has 7 nitrogen and oxygen atoms in total. The Morgan fingerprint density at radius 1 is 1.46 bits per heavy atom. The maximum atomic E-state index is 12.5. The van der Waals surface area contributed by atoms with Gasteiger partial charge in [0, 0.05) is 32.9 Å². The molecule has 2 amide bonds. The van der Waals surface area contributed by atoms with Crippen LogP contribution in [0.2, 0.25) is 0 Å². The number of carbonyl (C=O) groups is 1. The van der Waals surface area contributed by atoms with Crippen molar-refractivity contribution in [2.45, 2.75) is 38.3 Å². The molecule has 1 N–H and O–H groups in total. The number of amides is 2. The van der Waals surface area contributed by atoms with Crippen LogP contribution in [0.4, 0.5) is 10.7 Å². The molecule has 1 saturated heterocycles. The van der Waals surface area contributed by atoms with Gasteiger partial charge < -0.3 is 19.9 Å². The third kappa shape index (κ3) is 3.77. The van der Waals surface area contributed by atoms with Crippen molar-refractivity contribution in [2.75, 3.05) is 38.7 Å². The minimum absolute atomic E-state index is 0.00425. The Morgan fingerprint density at radius 2 is 2.25 bits per heavy atom. The summed E-state index contributed by atoms with van der Waals surface area (Å²) in [5.74, 6) is 1.28. The fourth-order valence-electron chi connectivity index (χ4n) is 3.11. The predicted octanol–water partition coefficient (Wildman–Crippen LogP) is 1.81. The molecule has 1 aromatic heterocycles. The highest BCUT2D eigenvalue weighted by Crippen LogP contribution is 2.29. The summed E-state index contributed by atoms with van der Waals surface area (Å²) in [6, 6.07) is 2.10. The lowest BCUT2D eigenvalue weighted by Gasteiger charge is -2.36. The summed E-state index contributed by atoms with van der Waals surface area (Å²) in [5.41, 5.74) is 0.818. The Labute approximate surface area is 143 Å². The van der Waals surface area contributed by atoms with Crippen LogP contribution in [0.3, 0.4) is 0 Å². The monoisotopic (exact) mass is 333 g/mol. The van der Waals surface area contributed by atoms with Crippen LogP contribution in [0.25, 0.3) is 0 Å². The van der Waals surface area contributed by atoms with Crippen LogP contribution >= 0.6 is 0 Å². The first kappa shape index (κ1) is 17.0. The largest absolute Gasteiger partial charge is 0.368 e. The van der Waals surface area contributed by atoms with Crippen molar-refractivity contribution in [2.24, 2.45) is 5.92 Å². The Bertz CT molecular complexity index is 576. The van der Waals surface area contributed by atoms with Gasteiger partial charge in [0.05, 0.1) is 18.8 Å². The third-order valence-electron chi connectivity index (χ3n) is 4.96. The predicted molar refractivity (Wildman–Crippen MR) is 92.0 cm³/mol. The summed E-state index contributed by atoms with van der Waals surface area (Å²) in [6.07, 6.45) is 5.26. The SMILES string of the molecule is C[C@H](NC(=O)N1CCO[C@@H](c2ccnc(N(C)C)n2)C1)C1CCC1. The lowest BCUT2D eigenvalue weighted by molar-refractivity contribution is -0.0183. The number of ether oxygens (including phenoxy) is 1.